The molecule has 2 aliphatic rings. The molecule has 4 aromatic rings. The van der Waals surface area contributed by atoms with Crippen LogP contribution in [0.4, 0.5) is 14.5 Å². The maximum Gasteiger partial charge on any atom is 0.261 e. The van der Waals surface area contributed by atoms with E-state index in [1.807, 2.05) is 0 Å². The number of nitrogens with zero attached hydrogens (tertiary/aromatic N) is 2. The molecule has 5 nitrogen and oxygen atoms in total. The molecule has 6 rings (SSSR count). The summed E-state index contributed by atoms with van der Waals surface area (Å²) in [5.41, 5.74) is -0.424. The van der Waals surface area contributed by atoms with Crippen LogP contribution in [0.2, 0.25) is 5.02 Å². The van der Waals surface area contributed by atoms with Gasteiger partial charge in [0.2, 0.25) is 5.43 Å². The third-order valence-electron chi connectivity index (χ3n) is 6.31. The van der Waals surface area contributed by atoms with Gasteiger partial charge in [-0.3, -0.25) is 9.59 Å². The Morgan fingerprint density at radius 3 is 2.50 bits per heavy atom. The van der Waals surface area contributed by atoms with Crippen LogP contribution in [-0.2, 0) is 0 Å². The molecule has 0 unspecified atom stereocenters. The van der Waals surface area contributed by atoms with E-state index in [0.717, 1.165) is 30.4 Å². The maximum atomic E-state index is 16.1. The second-order valence-corrected chi connectivity index (χ2v) is 9.98. The molecule has 2 fully saturated rings. The number of anilines is 1. The predicted molar refractivity (Wildman–Crippen MR) is 127 cm³/mol. The standard InChI is InChI=1S/C23H18ClF2N3O2S/c24-11-1-4-13-16(9-11)27-23(31)17-19(13)29(12-2-3-12)20-14(22(17)30)10-15(25)21(18(20)26)28-5-7-32-8-6-28/h1,4,9-10,12H,2-3,5-8H2,(H,27,31). The summed E-state index contributed by atoms with van der Waals surface area (Å²) in [5.74, 6) is 0.0558. The summed E-state index contributed by atoms with van der Waals surface area (Å²) in [6.07, 6.45) is 1.59. The van der Waals surface area contributed by atoms with Gasteiger partial charge in [0.1, 0.15) is 16.9 Å². The Morgan fingerprint density at radius 1 is 1.03 bits per heavy atom. The van der Waals surface area contributed by atoms with E-state index in [0.29, 0.717) is 34.5 Å². The molecule has 0 bridgehead atoms. The largest absolute Gasteiger partial charge is 0.365 e. The first kappa shape index (κ1) is 20.1. The van der Waals surface area contributed by atoms with Crippen LogP contribution in [0, 0.1) is 11.6 Å². The van der Waals surface area contributed by atoms with E-state index in [1.165, 1.54) is 0 Å². The summed E-state index contributed by atoms with van der Waals surface area (Å²) >= 11 is 7.86. The van der Waals surface area contributed by atoms with E-state index in [1.54, 1.807) is 39.4 Å². The Kier molecular flexibility index (Phi) is 4.52. The smallest absolute Gasteiger partial charge is 0.261 e. The Labute approximate surface area is 190 Å². The molecule has 1 N–H and O–H groups in total. The van der Waals surface area contributed by atoms with Gasteiger partial charge in [0.05, 0.1) is 21.9 Å². The molecule has 32 heavy (non-hydrogen) atoms. The Morgan fingerprint density at radius 2 is 1.78 bits per heavy atom. The van der Waals surface area contributed by atoms with Crippen LogP contribution in [0.5, 0.6) is 0 Å². The molecule has 1 aliphatic heterocycles. The van der Waals surface area contributed by atoms with Crippen molar-refractivity contribution in [3.63, 3.8) is 0 Å². The van der Waals surface area contributed by atoms with Crippen molar-refractivity contribution in [2.24, 2.45) is 0 Å². The summed E-state index contributed by atoms with van der Waals surface area (Å²) in [6.45, 7) is 1.07. The van der Waals surface area contributed by atoms with Gasteiger partial charge in [-0.1, -0.05) is 11.6 Å². The van der Waals surface area contributed by atoms with Gasteiger partial charge in [-0.2, -0.15) is 11.8 Å². The van der Waals surface area contributed by atoms with Crippen LogP contribution < -0.4 is 15.9 Å². The normalized spacial score (nSPS) is 17.0. The molecule has 1 aliphatic carbocycles. The van der Waals surface area contributed by atoms with E-state index in [4.69, 9.17) is 11.6 Å². The van der Waals surface area contributed by atoms with E-state index in [2.05, 4.69) is 4.98 Å². The summed E-state index contributed by atoms with van der Waals surface area (Å²) < 4.78 is 33.0. The Bertz CT molecular complexity index is 1560. The van der Waals surface area contributed by atoms with E-state index in [9.17, 15) is 9.59 Å². The molecular formula is C23H18ClF2N3O2S. The van der Waals surface area contributed by atoms with Gasteiger partial charge in [0.25, 0.3) is 5.56 Å². The second-order valence-electron chi connectivity index (χ2n) is 8.31. The predicted octanol–water partition coefficient (Wildman–Crippen LogP) is 4.82. The number of hydrogen-bond acceptors (Lipinski definition) is 4. The number of halogens is 3. The number of fused-ring (bicyclic) bond motifs is 4. The number of rotatable bonds is 2. The average Bonchev–Trinajstić information content (AvgIpc) is 3.60. The molecule has 3 heterocycles. The first-order valence-corrected chi connectivity index (χ1v) is 12.0. The monoisotopic (exact) mass is 473 g/mol. The SMILES string of the molecule is O=c1[nH]c2cc(Cl)ccc2c2c1c(=O)c1cc(F)c(N3CCSCC3)c(F)c1n2C1CC1. The van der Waals surface area contributed by atoms with Crippen LogP contribution in [0.25, 0.3) is 32.7 Å². The van der Waals surface area contributed by atoms with Gasteiger partial charge >= 0.3 is 0 Å². The lowest BCUT2D eigenvalue weighted by Gasteiger charge is -2.30. The Hall–Kier alpha value is -2.58. The van der Waals surface area contributed by atoms with E-state index < -0.39 is 22.6 Å². The van der Waals surface area contributed by atoms with Gasteiger partial charge in [-0.05, 0) is 37.1 Å². The van der Waals surface area contributed by atoms with Gasteiger partial charge in [0, 0.05) is 41.0 Å². The third-order valence-corrected chi connectivity index (χ3v) is 7.49. The van der Waals surface area contributed by atoms with Crippen molar-refractivity contribution < 1.29 is 8.78 Å². The van der Waals surface area contributed by atoms with Crippen LogP contribution in [0.3, 0.4) is 0 Å². The average molecular weight is 474 g/mol. The molecule has 0 atom stereocenters. The maximum absolute atomic E-state index is 16.1. The summed E-state index contributed by atoms with van der Waals surface area (Å²) in [5, 5.41) is 0.857. The number of nitrogens with one attached hydrogen (secondary N) is 1. The summed E-state index contributed by atoms with van der Waals surface area (Å²) in [4.78, 5) is 30.8. The van der Waals surface area contributed by atoms with Gasteiger partial charge < -0.3 is 14.5 Å². The minimum Gasteiger partial charge on any atom is -0.365 e. The molecule has 0 amide bonds. The quantitative estimate of drug-likeness (QED) is 0.335. The van der Waals surface area contributed by atoms with Crippen molar-refractivity contribution in [1.29, 1.82) is 0 Å². The lowest BCUT2D eigenvalue weighted by Crippen LogP contribution is -2.34. The van der Waals surface area contributed by atoms with Crippen molar-refractivity contribution in [1.82, 2.24) is 9.55 Å². The number of hydrogen-bond donors (Lipinski definition) is 1. The second kappa shape index (κ2) is 7.22. The van der Waals surface area contributed by atoms with Crippen LogP contribution in [0.15, 0.2) is 33.9 Å². The van der Waals surface area contributed by atoms with Crippen molar-refractivity contribution in [2.75, 3.05) is 29.5 Å². The number of H-pyrrole nitrogens is 1. The number of aromatic nitrogens is 2. The minimum absolute atomic E-state index is 0.0639. The molecule has 0 radical (unpaired) electrons. The zero-order chi connectivity index (χ0) is 22.1. The highest BCUT2D eigenvalue weighted by Crippen LogP contribution is 2.42. The third kappa shape index (κ3) is 2.89. The number of thioether (sulfide) groups is 1. The first-order chi connectivity index (χ1) is 15.5. The molecule has 1 saturated heterocycles. The van der Waals surface area contributed by atoms with Crippen molar-refractivity contribution in [3.05, 3.63) is 61.5 Å². The highest BCUT2D eigenvalue weighted by Gasteiger charge is 2.32. The minimum atomic E-state index is -0.773. The zero-order valence-electron chi connectivity index (χ0n) is 16.9. The molecule has 2 aromatic carbocycles. The highest BCUT2D eigenvalue weighted by molar-refractivity contribution is 7.99. The molecule has 0 spiro atoms. The molecule has 2 aromatic heterocycles. The Balaban J connectivity index is 1.83. The van der Waals surface area contributed by atoms with Crippen LogP contribution >= 0.6 is 23.4 Å². The lowest BCUT2D eigenvalue weighted by molar-refractivity contribution is 0.575. The van der Waals surface area contributed by atoms with Crippen LogP contribution in [-0.4, -0.2) is 34.1 Å². The van der Waals surface area contributed by atoms with Gasteiger partial charge in [0.15, 0.2) is 5.82 Å². The fourth-order valence-corrected chi connectivity index (χ4v) is 5.82. The molecule has 1 saturated carbocycles. The van der Waals surface area contributed by atoms with Gasteiger partial charge in [-0.15, -0.1) is 0 Å². The van der Waals surface area contributed by atoms with Crippen LogP contribution in [0.1, 0.15) is 18.9 Å². The van der Waals surface area contributed by atoms with Crippen molar-refractivity contribution in [3.8, 4) is 0 Å². The van der Waals surface area contributed by atoms with Gasteiger partial charge in [-0.25, -0.2) is 8.78 Å². The lowest BCUT2D eigenvalue weighted by atomic mass is 10.0. The topological polar surface area (TPSA) is 58.1 Å². The fourth-order valence-electron chi connectivity index (χ4n) is 4.74. The summed E-state index contributed by atoms with van der Waals surface area (Å²) in [7, 11) is 0. The number of pyridine rings is 2. The first-order valence-electron chi connectivity index (χ1n) is 10.5. The molecular weight excluding hydrogens is 456 g/mol. The fraction of sp³-hybridized carbons (Fsp3) is 0.304. The summed E-state index contributed by atoms with van der Waals surface area (Å²) in [6, 6.07) is 6.05. The number of benzene rings is 2. The molecule has 9 heteroatoms. The zero-order valence-corrected chi connectivity index (χ0v) is 18.5. The van der Waals surface area contributed by atoms with Crippen molar-refractivity contribution in [2.45, 2.75) is 18.9 Å². The number of aromatic amines is 1. The highest BCUT2D eigenvalue weighted by atomic mass is 35.5. The van der Waals surface area contributed by atoms with Crippen molar-refractivity contribution >= 4 is 61.8 Å². The van der Waals surface area contributed by atoms with E-state index >= 15 is 8.78 Å². The van der Waals surface area contributed by atoms with E-state index in [-0.39, 0.29) is 28.0 Å². The molecule has 164 valence electrons.